The van der Waals surface area contributed by atoms with Crippen LogP contribution in [0.2, 0.25) is 0 Å². The van der Waals surface area contributed by atoms with Crippen molar-refractivity contribution in [2.24, 2.45) is 23.0 Å². The lowest BCUT2D eigenvalue weighted by Crippen LogP contribution is -2.56. The Bertz CT molecular complexity index is 249. The summed E-state index contributed by atoms with van der Waals surface area (Å²) in [6.07, 6.45) is 4.26. The molecule has 3 unspecified atom stereocenters. The Labute approximate surface area is 86.8 Å². The monoisotopic (exact) mass is 194 g/mol. The third kappa shape index (κ3) is 1.04. The molecular formula is C12H22N2. The van der Waals surface area contributed by atoms with E-state index in [1.54, 1.807) is 0 Å². The molecule has 3 atom stereocenters. The average molecular weight is 194 g/mol. The number of nitrogens with two attached hydrogens (primary N) is 1. The van der Waals surface area contributed by atoms with Crippen LogP contribution in [-0.4, -0.2) is 30.1 Å². The summed E-state index contributed by atoms with van der Waals surface area (Å²) < 4.78 is 0. The maximum atomic E-state index is 6.03. The molecule has 0 spiro atoms. The van der Waals surface area contributed by atoms with Crippen molar-refractivity contribution in [2.75, 3.05) is 19.6 Å². The van der Waals surface area contributed by atoms with E-state index in [1.807, 2.05) is 0 Å². The molecule has 3 fully saturated rings. The zero-order valence-electron chi connectivity index (χ0n) is 9.42. The molecule has 14 heavy (non-hydrogen) atoms. The molecule has 2 N–H and O–H groups in total. The summed E-state index contributed by atoms with van der Waals surface area (Å²) in [5, 5.41) is 0. The first-order chi connectivity index (χ1) is 6.59. The third-order valence-electron chi connectivity index (χ3n) is 5.37. The molecule has 2 nitrogen and oxygen atoms in total. The van der Waals surface area contributed by atoms with Crippen molar-refractivity contribution in [3.63, 3.8) is 0 Å². The number of fused-ring (bicyclic) bond motifs is 1. The predicted molar refractivity (Wildman–Crippen MR) is 58.0 cm³/mol. The quantitative estimate of drug-likeness (QED) is 0.737. The van der Waals surface area contributed by atoms with Crippen LogP contribution in [0.5, 0.6) is 0 Å². The van der Waals surface area contributed by atoms with Gasteiger partial charge in [-0.3, -0.25) is 4.90 Å². The number of rotatable bonds is 3. The van der Waals surface area contributed by atoms with Crippen molar-refractivity contribution in [2.45, 2.75) is 38.6 Å². The average Bonchev–Trinajstić information content (AvgIpc) is 3.07. The van der Waals surface area contributed by atoms with Crippen LogP contribution in [0.4, 0.5) is 0 Å². The molecular weight excluding hydrogens is 172 g/mol. The van der Waals surface area contributed by atoms with Crippen molar-refractivity contribution in [3.8, 4) is 0 Å². The fraction of sp³-hybridized carbons (Fsp3) is 1.00. The molecule has 1 saturated heterocycles. The van der Waals surface area contributed by atoms with E-state index < -0.39 is 0 Å². The maximum Gasteiger partial charge on any atom is 0.0357 e. The molecule has 3 aliphatic rings. The first-order valence-electron chi connectivity index (χ1n) is 6.04. The van der Waals surface area contributed by atoms with E-state index in [1.165, 1.54) is 32.4 Å². The highest BCUT2D eigenvalue weighted by Crippen LogP contribution is 2.58. The smallest absolute Gasteiger partial charge is 0.0357 e. The van der Waals surface area contributed by atoms with Crippen LogP contribution in [0, 0.1) is 17.3 Å². The zero-order valence-corrected chi connectivity index (χ0v) is 9.42. The minimum atomic E-state index is 0.292. The molecule has 3 rings (SSSR count). The highest BCUT2D eigenvalue weighted by atomic mass is 15.3. The van der Waals surface area contributed by atoms with Crippen molar-refractivity contribution in [1.82, 2.24) is 4.90 Å². The first-order valence-corrected chi connectivity index (χ1v) is 6.04. The Balaban J connectivity index is 1.79. The Hall–Kier alpha value is -0.0800. The summed E-state index contributed by atoms with van der Waals surface area (Å²) >= 11 is 0. The van der Waals surface area contributed by atoms with Crippen molar-refractivity contribution in [3.05, 3.63) is 0 Å². The van der Waals surface area contributed by atoms with Gasteiger partial charge in [-0.05, 0) is 43.4 Å². The van der Waals surface area contributed by atoms with Crippen LogP contribution in [0.1, 0.15) is 33.1 Å². The van der Waals surface area contributed by atoms with Crippen LogP contribution < -0.4 is 5.73 Å². The van der Waals surface area contributed by atoms with Crippen LogP contribution in [0.3, 0.4) is 0 Å². The minimum Gasteiger partial charge on any atom is -0.329 e. The van der Waals surface area contributed by atoms with Crippen molar-refractivity contribution < 1.29 is 0 Å². The largest absolute Gasteiger partial charge is 0.329 e. The van der Waals surface area contributed by atoms with E-state index in [2.05, 4.69) is 18.7 Å². The molecule has 80 valence electrons. The molecule has 0 aromatic rings. The summed E-state index contributed by atoms with van der Waals surface area (Å²) in [5.41, 5.74) is 6.85. The molecule has 0 radical (unpaired) electrons. The third-order valence-corrected chi connectivity index (χ3v) is 5.37. The predicted octanol–water partition coefficient (Wildman–Crippen LogP) is 1.46. The van der Waals surface area contributed by atoms with Crippen LogP contribution >= 0.6 is 0 Å². The molecule has 2 saturated carbocycles. The summed E-state index contributed by atoms with van der Waals surface area (Å²) in [7, 11) is 0. The highest BCUT2D eigenvalue weighted by Gasteiger charge is 2.59. The first kappa shape index (κ1) is 9.17. The molecule has 0 aromatic heterocycles. The lowest BCUT2D eigenvalue weighted by atomic mass is 9.82. The number of hydrogen-bond acceptors (Lipinski definition) is 2. The molecule has 1 aliphatic heterocycles. The number of nitrogens with zero attached hydrogens (tertiary/aromatic N) is 1. The Morgan fingerprint density at radius 3 is 2.36 bits per heavy atom. The summed E-state index contributed by atoms with van der Waals surface area (Å²) in [5.74, 6) is 2.06. The Morgan fingerprint density at radius 1 is 1.36 bits per heavy atom. The molecule has 0 bridgehead atoms. The van der Waals surface area contributed by atoms with Gasteiger partial charge in [0, 0.05) is 25.2 Å². The lowest BCUT2D eigenvalue weighted by Gasteiger charge is -2.44. The summed E-state index contributed by atoms with van der Waals surface area (Å²) in [6, 6.07) is 0. The fourth-order valence-corrected chi connectivity index (χ4v) is 3.28. The van der Waals surface area contributed by atoms with Gasteiger partial charge in [-0.15, -0.1) is 0 Å². The van der Waals surface area contributed by atoms with Gasteiger partial charge >= 0.3 is 0 Å². The fourth-order valence-electron chi connectivity index (χ4n) is 3.28. The van der Waals surface area contributed by atoms with Gasteiger partial charge in [0.2, 0.25) is 0 Å². The molecule has 2 heteroatoms. The van der Waals surface area contributed by atoms with E-state index in [4.69, 9.17) is 5.73 Å². The summed E-state index contributed by atoms with van der Waals surface area (Å²) in [4.78, 5) is 2.69. The van der Waals surface area contributed by atoms with Gasteiger partial charge in [-0.1, -0.05) is 6.92 Å². The van der Waals surface area contributed by atoms with E-state index in [0.29, 0.717) is 11.0 Å². The Morgan fingerprint density at radius 2 is 1.93 bits per heavy atom. The van der Waals surface area contributed by atoms with Gasteiger partial charge in [0.25, 0.3) is 0 Å². The van der Waals surface area contributed by atoms with Gasteiger partial charge in [-0.2, -0.15) is 0 Å². The second-order valence-electron chi connectivity index (χ2n) is 6.20. The lowest BCUT2D eigenvalue weighted by molar-refractivity contribution is 0.0595. The van der Waals surface area contributed by atoms with E-state index in [9.17, 15) is 0 Å². The van der Waals surface area contributed by atoms with Gasteiger partial charge < -0.3 is 5.73 Å². The van der Waals surface area contributed by atoms with E-state index in [-0.39, 0.29) is 0 Å². The molecule has 0 amide bonds. The second kappa shape index (κ2) is 2.53. The molecule has 0 aromatic carbocycles. The van der Waals surface area contributed by atoms with E-state index in [0.717, 1.165) is 18.4 Å². The van der Waals surface area contributed by atoms with Crippen LogP contribution in [0.25, 0.3) is 0 Å². The number of likely N-dealkylation sites (tertiary alicyclic amines) is 1. The number of piperidine rings is 1. The molecule has 1 heterocycles. The van der Waals surface area contributed by atoms with Gasteiger partial charge in [0.05, 0.1) is 0 Å². The summed E-state index contributed by atoms with van der Waals surface area (Å²) in [6.45, 7) is 8.30. The van der Waals surface area contributed by atoms with Crippen molar-refractivity contribution >= 4 is 0 Å². The second-order valence-corrected chi connectivity index (χ2v) is 6.20. The number of hydrogen-bond donors (Lipinski definition) is 1. The normalized spacial score (nSPS) is 43.1. The Kier molecular flexibility index (Phi) is 1.66. The van der Waals surface area contributed by atoms with Crippen LogP contribution in [-0.2, 0) is 0 Å². The molecule has 2 aliphatic carbocycles. The zero-order chi connectivity index (χ0) is 9.97. The minimum absolute atomic E-state index is 0.292. The standard InChI is InChI=1S/C12H22N2/c1-11(3-4-11)12(2,8-13)14-6-9-5-10(9)7-14/h9-10H,3-8,13H2,1-2H3. The van der Waals surface area contributed by atoms with Gasteiger partial charge in [0.1, 0.15) is 0 Å². The van der Waals surface area contributed by atoms with E-state index >= 15 is 0 Å². The van der Waals surface area contributed by atoms with Crippen molar-refractivity contribution in [1.29, 1.82) is 0 Å². The van der Waals surface area contributed by atoms with Crippen LogP contribution in [0.15, 0.2) is 0 Å². The van der Waals surface area contributed by atoms with Gasteiger partial charge in [0.15, 0.2) is 0 Å². The SMILES string of the molecule is CC1(C(C)(CN)N2CC3CC3C2)CC1. The maximum absolute atomic E-state index is 6.03. The van der Waals surface area contributed by atoms with Gasteiger partial charge in [-0.25, -0.2) is 0 Å². The highest BCUT2D eigenvalue weighted by molar-refractivity contribution is 5.13. The topological polar surface area (TPSA) is 29.3 Å².